The van der Waals surface area contributed by atoms with Gasteiger partial charge in [-0.3, -0.25) is 9.69 Å². The first kappa shape index (κ1) is 18.8. The number of nitrogens with two attached hydrogens (primary N) is 1. The monoisotopic (exact) mass is 403 g/mol. The van der Waals surface area contributed by atoms with Gasteiger partial charge in [0.2, 0.25) is 16.7 Å². The predicted molar refractivity (Wildman–Crippen MR) is 104 cm³/mol. The number of piperidine rings is 1. The van der Waals surface area contributed by atoms with Crippen molar-refractivity contribution >= 4 is 22.2 Å². The van der Waals surface area contributed by atoms with E-state index in [4.69, 9.17) is 5.73 Å². The highest BCUT2D eigenvalue weighted by Crippen LogP contribution is 2.41. The van der Waals surface area contributed by atoms with Gasteiger partial charge in [-0.05, 0) is 32.0 Å². The van der Waals surface area contributed by atoms with E-state index >= 15 is 0 Å². The Morgan fingerprint density at radius 1 is 1.39 bits per heavy atom. The van der Waals surface area contributed by atoms with Crippen molar-refractivity contribution in [2.24, 2.45) is 11.7 Å². The third-order valence-electron chi connectivity index (χ3n) is 5.31. The summed E-state index contributed by atoms with van der Waals surface area (Å²) in [5.41, 5.74) is 5.93. The van der Waals surface area contributed by atoms with E-state index in [2.05, 4.69) is 15.0 Å². The molecule has 3 heterocycles. The molecule has 4 rings (SSSR count). The van der Waals surface area contributed by atoms with Crippen LogP contribution in [-0.2, 0) is 11.2 Å². The molecule has 0 radical (unpaired) electrons. The van der Waals surface area contributed by atoms with Crippen LogP contribution in [0.4, 0.5) is 4.39 Å². The van der Waals surface area contributed by atoms with Crippen LogP contribution < -0.4 is 5.73 Å². The normalized spacial score (nSPS) is 17.2. The highest BCUT2D eigenvalue weighted by atomic mass is 32.1. The number of likely N-dealkylation sites (tertiary alicyclic amines) is 1. The molecule has 1 saturated heterocycles. The lowest BCUT2D eigenvalue weighted by Gasteiger charge is -2.36. The summed E-state index contributed by atoms with van der Waals surface area (Å²) in [4.78, 5) is 19.2. The molecule has 0 aliphatic carbocycles. The highest BCUT2D eigenvalue weighted by molar-refractivity contribution is 7.17. The topological polar surface area (TPSA) is 96.8 Å². The smallest absolute Gasteiger partial charge is 0.230 e. The molecule has 1 aliphatic heterocycles. The third-order valence-corrected chi connectivity index (χ3v) is 6.38. The van der Waals surface area contributed by atoms with Gasteiger partial charge in [-0.1, -0.05) is 36.5 Å². The lowest BCUT2D eigenvalue weighted by Crippen LogP contribution is -2.40. The van der Waals surface area contributed by atoms with Crippen LogP contribution in [0.1, 0.15) is 42.1 Å². The van der Waals surface area contributed by atoms with Crippen LogP contribution in [0.2, 0.25) is 0 Å². The maximum Gasteiger partial charge on any atom is 0.230 e. The Kier molecular flexibility index (Phi) is 5.03. The number of aryl methyl sites for hydroxylation is 1. The van der Waals surface area contributed by atoms with Crippen molar-refractivity contribution in [3.8, 4) is 5.88 Å². The molecule has 3 N–H and O–H groups in total. The number of halogens is 1. The fourth-order valence-corrected chi connectivity index (χ4v) is 4.89. The van der Waals surface area contributed by atoms with Crippen LogP contribution in [-0.4, -0.2) is 43.6 Å². The zero-order chi connectivity index (χ0) is 19.8. The number of hydrogen-bond donors (Lipinski definition) is 2. The number of fused-ring (bicyclic) bond motifs is 1. The first-order valence-corrected chi connectivity index (χ1v) is 10.2. The standard InChI is InChI=1S/C19H22FN5O2S/c1-2-14-22-19-25(23-14)18(27)16(28-19)15(12-5-3-4-6-13(12)20)24-9-7-11(8-10-24)17(21)26/h3-6,11,15,27H,2,7-10H2,1H3,(H2,21,26). The minimum absolute atomic E-state index is 0.0162. The number of benzene rings is 1. The molecule has 3 aromatic rings. The van der Waals surface area contributed by atoms with E-state index in [0.29, 0.717) is 53.6 Å². The number of aromatic hydroxyl groups is 1. The van der Waals surface area contributed by atoms with E-state index in [0.717, 1.165) is 0 Å². The lowest BCUT2D eigenvalue weighted by molar-refractivity contribution is -0.123. The summed E-state index contributed by atoms with van der Waals surface area (Å²) in [5.74, 6) is -0.163. The van der Waals surface area contributed by atoms with Crippen molar-refractivity contribution in [3.05, 3.63) is 46.3 Å². The van der Waals surface area contributed by atoms with Crippen LogP contribution in [0.25, 0.3) is 4.96 Å². The molecule has 0 bridgehead atoms. The van der Waals surface area contributed by atoms with E-state index in [1.54, 1.807) is 18.2 Å². The second-order valence-electron chi connectivity index (χ2n) is 7.00. The Bertz CT molecular complexity index is 1010. The fraction of sp³-hybridized carbons (Fsp3) is 0.421. The first-order chi connectivity index (χ1) is 13.5. The number of amides is 1. The van der Waals surface area contributed by atoms with Crippen molar-refractivity contribution < 1.29 is 14.3 Å². The molecule has 1 unspecified atom stereocenters. The summed E-state index contributed by atoms with van der Waals surface area (Å²) in [5, 5.41) is 15.2. The number of carbonyl (C=O) groups excluding carboxylic acids is 1. The predicted octanol–water partition coefficient (Wildman–Crippen LogP) is 2.48. The van der Waals surface area contributed by atoms with Crippen molar-refractivity contribution in [2.75, 3.05) is 13.1 Å². The third kappa shape index (κ3) is 3.24. The zero-order valence-electron chi connectivity index (χ0n) is 15.5. The number of primary amides is 1. The summed E-state index contributed by atoms with van der Waals surface area (Å²) >= 11 is 1.31. The number of carbonyl (C=O) groups is 1. The molecule has 1 fully saturated rings. The van der Waals surface area contributed by atoms with Gasteiger partial charge >= 0.3 is 0 Å². The SMILES string of the molecule is CCc1nc2sc(C(c3ccccc3F)N3CCC(C(N)=O)CC3)c(O)n2n1. The number of aromatic nitrogens is 3. The van der Waals surface area contributed by atoms with Gasteiger partial charge in [0, 0.05) is 17.9 Å². The summed E-state index contributed by atoms with van der Waals surface area (Å²) in [6.07, 6.45) is 1.89. The molecule has 0 saturated carbocycles. The highest BCUT2D eigenvalue weighted by Gasteiger charge is 2.34. The second-order valence-corrected chi connectivity index (χ2v) is 8.01. The van der Waals surface area contributed by atoms with Gasteiger partial charge in [0.1, 0.15) is 5.82 Å². The van der Waals surface area contributed by atoms with Gasteiger partial charge in [0.05, 0.1) is 10.9 Å². The first-order valence-electron chi connectivity index (χ1n) is 9.34. The zero-order valence-corrected chi connectivity index (χ0v) is 16.3. The molecule has 9 heteroatoms. The van der Waals surface area contributed by atoms with Gasteiger partial charge in [-0.2, -0.15) is 4.52 Å². The minimum atomic E-state index is -0.478. The maximum atomic E-state index is 14.7. The molecule has 1 aromatic carbocycles. The summed E-state index contributed by atoms with van der Waals surface area (Å²) in [7, 11) is 0. The molecule has 28 heavy (non-hydrogen) atoms. The molecule has 1 amide bonds. The molecule has 1 aliphatic rings. The van der Waals surface area contributed by atoms with E-state index in [1.807, 2.05) is 6.92 Å². The van der Waals surface area contributed by atoms with Crippen LogP contribution in [0.3, 0.4) is 0 Å². The van der Waals surface area contributed by atoms with E-state index in [9.17, 15) is 14.3 Å². The minimum Gasteiger partial charge on any atom is -0.492 e. The van der Waals surface area contributed by atoms with Crippen molar-refractivity contribution in [2.45, 2.75) is 32.2 Å². The van der Waals surface area contributed by atoms with Crippen LogP contribution in [0, 0.1) is 11.7 Å². The van der Waals surface area contributed by atoms with E-state index < -0.39 is 6.04 Å². The second kappa shape index (κ2) is 7.48. The van der Waals surface area contributed by atoms with Crippen LogP contribution >= 0.6 is 11.3 Å². The quantitative estimate of drug-likeness (QED) is 0.682. The molecule has 0 spiro atoms. The molecule has 7 nitrogen and oxygen atoms in total. The molecular formula is C19H22FN5O2S. The average molecular weight is 403 g/mol. The Hall–Kier alpha value is -2.52. The maximum absolute atomic E-state index is 14.7. The number of rotatable bonds is 5. The van der Waals surface area contributed by atoms with Crippen molar-refractivity contribution in [1.29, 1.82) is 0 Å². The van der Waals surface area contributed by atoms with Gasteiger partial charge in [-0.15, -0.1) is 5.10 Å². The number of hydrogen-bond acceptors (Lipinski definition) is 6. The van der Waals surface area contributed by atoms with Crippen LogP contribution in [0.15, 0.2) is 24.3 Å². The Labute approximate surface area is 165 Å². The fourth-order valence-electron chi connectivity index (χ4n) is 3.76. The van der Waals surface area contributed by atoms with Gasteiger partial charge in [-0.25, -0.2) is 9.37 Å². The average Bonchev–Trinajstić information content (AvgIpc) is 3.23. The van der Waals surface area contributed by atoms with E-state index in [1.165, 1.54) is 21.9 Å². The Balaban J connectivity index is 1.76. The molecule has 2 aromatic heterocycles. The summed E-state index contributed by atoms with van der Waals surface area (Å²) in [6, 6.07) is 6.10. The summed E-state index contributed by atoms with van der Waals surface area (Å²) in [6.45, 7) is 3.11. The van der Waals surface area contributed by atoms with Gasteiger partial charge < -0.3 is 10.8 Å². The van der Waals surface area contributed by atoms with E-state index in [-0.39, 0.29) is 23.5 Å². The molecule has 148 valence electrons. The van der Waals surface area contributed by atoms with Crippen molar-refractivity contribution in [3.63, 3.8) is 0 Å². The molecular weight excluding hydrogens is 381 g/mol. The van der Waals surface area contributed by atoms with Gasteiger partial charge in [0.15, 0.2) is 5.82 Å². The molecule has 1 atom stereocenters. The van der Waals surface area contributed by atoms with Crippen molar-refractivity contribution in [1.82, 2.24) is 19.5 Å². The summed E-state index contributed by atoms with van der Waals surface area (Å²) < 4.78 is 16.1. The Morgan fingerprint density at radius 3 is 2.71 bits per heavy atom. The number of nitrogens with zero attached hydrogens (tertiary/aromatic N) is 4. The largest absolute Gasteiger partial charge is 0.492 e. The number of thiazole rings is 1. The lowest BCUT2D eigenvalue weighted by atomic mass is 9.93. The van der Waals surface area contributed by atoms with Gasteiger partial charge in [0.25, 0.3) is 0 Å². The Morgan fingerprint density at radius 2 is 2.11 bits per heavy atom. The van der Waals surface area contributed by atoms with Crippen LogP contribution in [0.5, 0.6) is 5.88 Å².